The molecule has 11 heavy (non-hydrogen) atoms. The van der Waals surface area contributed by atoms with Crippen molar-refractivity contribution in [2.75, 3.05) is 13.6 Å². The zero-order chi connectivity index (χ0) is 8.43. The second-order valence-corrected chi connectivity index (χ2v) is 2.62. The monoisotopic (exact) mass is 156 g/mol. The van der Waals surface area contributed by atoms with Crippen LogP contribution in [0.4, 0.5) is 0 Å². The summed E-state index contributed by atoms with van der Waals surface area (Å²) in [7, 11) is 1.64. The highest BCUT2D eigenvalue weighted by Crippen LogP contribution is 2.15. The molecule has 62 valence electrons. The molecular formula is C7H12N2O2. The maximum absolute atomic E-state index is 11.1. The van der Waals surface area contributed by atoms with E-state index in [-0.39, 0.29) is 17.9 Å². The average Bonchev–Trinajstić information content (AvgIpc) is 1.99. The first-order valence-corrected chi connectivity index (χ1v) is 3.70. The Morgan fingerprint density at radius 1 is 1.82 bits per heavy atom. The van der Waals surface area contributed by atoms with E-state index in [1.807, 2.05) is 6.92 Å². The number of β-lactam (4-membered cyclic amide) rings is 1. The van der Waals surface area contributed by atoms with Crippen molar-refractivity contribution in [3.63, 3.8) is 0 Å². The third-order valence-electron chi connectivity index (χ3n) is 1.88. The number of likely N-dealkylation sites (N-methyl/N-ethyl adjacent to an activating group) is 2. The molecular weight excluding hydrogens is 144 g/mol. The van der Waals surface area contributed by atoms with Gasteiger partial charge in [-0.1, -0.05) is 0 Å². The van der Waals surface area contributed by atoms with Gasteiger partial charge in [0.15, 0.2) is 0 Å². The molecule has 1 fully saturated rings. The Hall–Kier alpha value is -1.06. The van der Waals surface area contributed by atoms with Crippen molar-refractivity contribution in [2.45, 2.75) is 19.4 Å². The molecule has 4 nitrogen and oxygen atoms in total. The van der Waals surface area contributed by atoms with E-state index in [2.05, 4.69) is 5.32 Å². The van der Waals surface area contributed by atoms with Crippen molar-refractivity contribution in [1.29, 1.82) is 0 Å². The van der Waals surface area contributed by atoms with Gasteiger partial charge in [0.05, 0.1) is 6.42 Å². The lowest BCUT2D eigenvalue weighted by Crippen LogP contribution is -2.57. The molecule has 0 aromatic rings. The van der Waals surface area contributed by atoms with Crippen LogP contribution in [-0.4, -0.2) is 36.3 Å². The van der Waals surface area contributed by atoms with Gasteiger partial charge >= 0.3 is 0 Å². The lowest BCUT2D eigenvalue weighted by atomic mass is 10.0. The van der Waals surface area contributed by atoms with E-state index < -0.39 is 0 Å². The number of rotatable bonds is 2. The first kappa shape index (κ1) is 8.04. The molecule has 0 bridgehead atoms. The first-order chi connectivity index (χ1) is 5.16. The lowest BCUT2D eigenvalue weighted by molar-refractivity contribution is -0.151. The molecule has 1 N–H and O–H groups in total. The number of likely N-dealkylation sites (tertiary alicyclic amines) is 1. The maximum atomic E-state index is 11.1. The van der Waals surface area contributed by atoms with Gasteiger partial charge in [-0.3, -0.25) is 9.59 Å². The number of carbonyl (C=O) groups excluding carboxylic acids is 2. The molecule has 0 aromatic heterocycles. The SMILES string of the molecule is CCNC(=O)C1CC(=O)N1C. The van der Waals surface area contributed by atoms with Gasteiger partial charge in [0.1, 0.15) is 6.04 Å². The standard InChI is InChI=1S/C7H12N2O2/c1-3-8-7(11)5-4-6(10)9(5)2/h5H,3-4H2,1-2H3,(H,8,11). The van der Waals surface area contributed by atoms with Gasteiger partial charge in [0, 0.05) is 13.6 Å². The Balaban J connectivity index is 2.39. The maximum Gasteiger partial charge on any atom is 0.243 e. The number of carbonyl (C=O) groups is 2. The third-order valence-corrected chi connectivity index (χ3v) is 1.88. The molecule has 2 amide bonds. The van der Waals surface area contributed by atoms with Gasteiger partial charge in [-0.05, 0) is 6.92 Å². The molecule has 1 heterocycles. The van der Waals surface area contributed by atoms with E-state index >= 15 is 0 Å². The third kappa shape index (κ3) is 1.34. The number of nitrogens with zero attached hydrogens (tertiary/aromatic N) is 1. The summed E-state index contributed by atoms with van der Waals surface area (Å²) in [5.41, 5.74) is 0. The predicted molar refractivity (Wildman–Crippen MR) is 39.9 cm³/mol. The van der Waals surface area contributed by atoms with Gasteiger partial charge in [0.25, 0.3) is 0 Å². The molecule has 0 aliphatic carbocycles. The van der Waals surface area contributed by atoms with E-state index in [1.54, 1.807) is 7.05 Å². The van der Waals surface area contributed by atoms with E-state index in [4.69, 9.17) is 0 Å². The van der Waals surface area contributed by atoms with Gasteiger partial charge in [-0.2, -0.15) is 0 Å². The van der Waals surface area contributed by atoms with Crippen LogP contribution in [0.15, 0.2) is 0 Å². The minimum absolute atomic E-state index is 0.0428. The molecule has 0 radical (unpaired) electrons. The molecule has 1 atom stereocenters. The summed E-state index contributed by atoms with van der Waals surface area (Å²) in [6, 6.07) is -0.220. The Morgan fingerprint density at radius 3 is 2.82 bits per heavy atom. The summed E-state index contributed by atoms with van der Waals surface area (Å²) in [5, 5.41) is 2.67. The minimum atomic E-state index is -0.220. The van der Waals surface area contributed by atoms with E-state index in [9.17, 15) is 9.59 Å². The second-order valence-electron chi connectivity index (χ2n) is 2.62. The number of amides is 2. The summed E-state index contributed by atoms with van der Waals surface area (Å²) in [6.45, 7) is 2.48. The largest absolute Gasteiger partial charge is 0.355 e. The highest BCUT2D eigenvalue weighted by molar-refractivity contribution is 5.96. The van der Waals surface area contributed by atoms with Crippen LogP contribution in [0.25, 0.3) is 0 Å². The van der Waals surface area contributed by atoms with E-state index in [0.717, 1.165) is 0 Å². The van der Waals surface area contributed by atoms with Crippen LogP contribution in [0.5, 0.6) is 0 Å². The number of nitrogens with one attached hydrogen (secondary N) is 1. The Kier molecular flexibility index (Phi) is 2.12. The van der Waals surface area contributed by atoms with E-state index in [0.29, 0.717) is 13.0 Å². The average molecular weight is 156 g/mol. The van der Waals surface area contributed by atoms with Crippen molar-refractivity contribution >= 4 is 11.8 Å². The molecule has 0 aromatic carbocycles. The smallest absolute Gasteiger partial charge is 0.243 e. The fourth-order valence-corrected chi connectivity index (χ4v) is 1.07. The zero-order valence-corrected chi connectivity index (χ0v) is 6.76. The van der Waals surface area contributed by atoms with Crippen LogP contribution >= 0.6 is 0 Å². The summed E-state index contributed by atoms with van der Waals surface area (Å²) < 4.78 is 0. The molecule has 1 rings (SSSR count). The fourth-order valence-electron chi connectivity index (χ4n) is 1.07. The van der Waals surface area contributed by atoms with Crippen molar-refractivity contribution in [3.05, 3.63) is 0 Å². The van der Waals surface area contributed by atoms with Crippen molar-refractivity contribution in [1.82, 2.24) is 10.2 Å². The molecule has 0 saturated carbocycles. The predicted octanol–water partition coefficient (Wildman–Crippen LogP) is -0.647. The number of hydrogen-bond donors (Lipinski definition) is 1. The van der Waals surface area contributed by atoms with Crippen LogP contribution < -0.4 is 5.32 Å². The summed E-state index contributed by atoms with van der Waals surface area (Å²) in [6.07, 6.45) is 0.363. The molecule has 1 unspecified atom stereocenters. The molecule has 1 aliphatic rings. The first-order valence-electron chi connectivity index (χ1n) is 3.70. The van der Waals surface area contributed by atoms with Crippen LogP contribution in [0.1, 0.15) is 13.3 Å². The van der Waals surface area contributed by atoms with Crippen LogP contribution in [0.3, 0.4) is 0 Å². The Labute approximate surface area is 65.6 Å². The minimum Gasteiger partial charge on any atom is -0.355 e. The molecule has 0 spiro atoms. The van der Waals surface area contributed by atoms with Crippen LogP contribution in [-0.2, 0) is 9.59 Å². The van der Waals surface area contributed by atoms with Gasteiger partial charge in [0.2, 0.25) is 11.8 Å². The zero-order valence-electron chi connectivity index (χ0n) is 6.76. The normalized spacial score (nSPS) is 22.9. The Bertz CT molecular complexity index is 191. The van der Waals surface area contributed by atoms with Crippen LogP contribution in [0, 0.1) is 0 Å². The van der Waals surface area contributed by atoms with E-state index in [1.165, 1.54) is 4.90 Å². The van der Waals surface area contributed by atoms with Gasteiger partial charge in [-0.25, -0.2) is 0 Å². The van der Waals surface area contributed by atoms with Crippen LogP contribution in [0.2, 0.25) is 0 Å². The second kappa shape index (κ2) is 2.90. The van der Waals surface area contributed by atoms with Crippen molar-refractivity contribution in [3.8, 4) is 0 Å². The summed E-state index contributed by atoms with van der Waals surface area (Å²) in [5.74, 6) is -0.00384. The number of hydrogen-bond acceptors (Lipinski definition) is 2. The van der Waals surface area contributed by atoms with Crippen molar-refractivity contribution in [2.24, 2.45) is 0 Å². The van der Waals surface area contributed by atoms with Crippen molar-refractivity contribution < 1.29 is 9.59 Å². The molecule has 1 saturated heterocycles. The molecule has 4 heteroatoms. The topological polar surface area (TPSA) is 49.4 Å². The van der Waals surface area contributed by atoms with Gasteiger partial charge < -0.3 is 10.2 Å². The quantitative estimate of drug-likeness (QED) is 0.540. The fraction of sp³-hybridized carbons (Fsp3) is 0.714. The molecule has 1 aliphatic heterocycles. The Morgan fingerprint density at radius 2 is 2.45 bits per heavy atom. The lowest BCUT2D eigenvalue weighted by Gasteiger charge is -2.35. The summed E-state index contributed by atoms with van der Waals surface area (Å²) in [4.78, 5) is 23.2. The van der Waals surface area contributed by atoms with Gasteiger partial charge in [-0.15, -0.1) is 0 Å². The highest BCUT2D eigenvalue weighted by atomic mass is 16.2. The highest BCUT2D eigenvalue weighted by Gasteiger charge is 2.37. The summed E-state index contributed by atoms with van der Waals surface area (Å²) >= 11 is 0.